The van der Waals surface area contributed by atoms with Crippen LogP contribution in [-0.4, -0.2) is 22.6 Å². The molecule has 0 fully saturated rings. The van der Waals surface area contributed by atoms with Gasteiger partial charge in [0.05, 0.1) is 17.7 Å². The van der Waals surface area contributed by atoms with Crippen molar-refractivity contribution in [3.63, 3.8) is 0 Å². The summed E-state index contributed by atoms with van der Waals surface area (Å²) in [6.45, 7) is -0.285. The van der Waals surface area contributed by atoms with Crippen LogP contribution in [0.1, 0.15) is 36.6 Å². The second-order valence-electron chi connectivity index (χ2n) is 6.24. The zero-order valence-electron chi connectivity index (χ0n) is 14.6. The average molecular weight is 373 g/mol. The maximum absolute atomic E-state index is 14.5. The highest BCUT2D eigenvalue weighted by molar-refractivity contribution is 6.21. The van der Waals surface area contributed by atoms with Crippen molar-refractivity contribution in [2.45, 2.75) is 6.54 Å². The highest BCUT2D eigenvalue weighted by Gasteiger charge is 2.36. The SMILES string of the molecule is O=C(Nc1cccc(F)c1CN1C(=O)c2ccccc2C1=O)c1[c]cccc1. The van der Waals surface area contributed by atoms with Crippen LogP contribution in [-0.2, 0) is 6.54 Å². The maximum atomic E-state index is 14.5. The number of imide groups is 1. The number of halogens is 1. The molecule has 1 aliphatic heterocycles. The molecule has 4 rings (SSSR count). The lowest BCUT2D eigenvalue weighted by molar-refractivity contribution is 0.0641. The lowest BCUT2D eigenvalue weighted by Crippen LogP contribution is -2.30. The van der Waals surface area contributed by atoms with Crippen LogP contribution in [0.25, 0.3) is 0 Å². The van der Waals surface area contributed by atoms with Gasteiger partial charge in [0.2, 0.25) is 0 Å². The van der Waals surface area contributed by atoms with E-state index in [0.717, 1.165) is 4.90 Å². The van der Waals surface area contributed by atoms with Gasteiger partial charge in [0.1, 0.15) is 5.82 Å². The van der Waals surface area contributed by atoms with Crippen LogP contribution < -0.4 is 5.32 Å². The van der Waals surface area contributed by atoms with Gasteiger partial charge in [-0.05, 0) is 36.4 Å². The van der Waals surface area contributed by atoms with Gasteiger partial charge in [0, 0.05) is 16.8 Å². The zero-order valence-corrected chi connectivity index (χ0v) is 14.6. The van der Waals surface area contributed by atoms with Crippen molar-refractivity contribution in [3.05, 3.63) is 101 Å². The molecule has 0 spiro atoms. The van der Waals surface area contributed by atoms with Crippen molar-refractivity contribution in [2.75, 3.05) is 5.32 Å². The predicted octanol–water partition coefficient (Wildman–Crippen LogP) is 3.67. The molecule has 1 heterocycles. The van der Waals surface area contributed by atoms with Crippen molar-refractivity contribution in [2.24, 2.45) is 0 Å². The normalized spacial score (nSPS) is 12.8. The lowest BCUT2D eigenvalue weighted by atomic mass is 10.1. The average Bonchev–Trinajstić information content (AvgIpc) is 2.96. The number of carbonyl (C=O) groups is 3. The summed E-state index contributed by atoms with van der Waals surface area (Å²) in [6.07, 6.45) is 0. The van der Waals surface area contributed by atoms with Crippen LogP contribution in [0.3, 0.4) is 0 Å². The summed E-state index contributed by atoms with van der Waals surface area (Å²) in [5, 5.41) is 2.63. The van der Waals surface area contributed by atoms with Crippen molar-refractivity contribution < 1.29 is 18.8 Å². The highest BCUT2D eigenvalue weighted by atomic mass is 19.1. The van der Waals surface area contributed by atoms with E-state index >= 15 is 0 Å². The van der Waals surface area contributed by atoms with E-state index in [2.05, 4.69) is 11.4 Å². The molecule has 1 aliphatic rings. The molecule has 0 aliphatic carbocycles. The number of hydrogen-bond donors (Lipinski definition) is 1. The van der Waals surface area contributed by atoms with Gasteiger partial charge in [0.25, 0.3) is 17.7 Å². The van der Waals surface area contributed by atoms with Crippen molar-refractivity contribution in [1.82, 2.24) is 4.90 Å². The molecule has 6 heteroatoms. The molecular formula is C22H14FN2O3. The number of anilines is 1. The van der Waals surface area contributed by atoms with Gasteiger partial charge in [-0.25, -0.2) is 4.39 Å². The van der Waals surface area contributed by atoms with E-state index < -0.39 is 23.5 Å². The Morgan fingerprint density at radius 2 is 1.61 bits per heavy atom. The Hall–Kier alpha value is -3.80. The molecule has 3 amide bonds. The molecule has 0 unspecified atom stereocenters. The quantitative estimate of drug-likeness (QED) is 0.710. The molecule has 28 heavy (non-hydrogen) atoms. The Morgan fingerprint density at radius 3 is 2.25 bits per heavy atom. The van der Waals surface area contributed by atoms with Crippen LogP contribution in [0.15, 0.2) is 66.7 Å². The van der Waals surface area contributed by atoms with Crippen LogP contribution in [0.4, 0.5) is 10.1 Å². The second-order valence-corrected chi connectivity index (χ2v) is 6.24. The smallest absolute Gasteiger partial charge is 0.261 e. The first kappa shape index (κ1) is 17.6. The van der Waals surface area contributed by atoms with Crippen LogP contribution in [0, 0.1) is 11.9 Å². The van der Waals surface area contributed by atoms with Crippen molar-refractivity contribution in [3.8, 4) is 0 Å². The Labute approximate surface area is 160 Å². The summed E-state index contributed by atoms with van der Waals surface area (Å²) in [6, 6.07) is 20.0. The number of amides is 3. The van der Waals surface area contributed by atoms with Crippen molar-refractivity contribution in [1.29, 1.82) is 0 Å². The first-order valence-electron chi connectivity index (χ1n) is 8.57. The van der Waals surface area contributed by atoms with E-state index in [1.54, 1.807) is 48.5 Å². The largest absolute Gasteiger partial charge is 0.322 e. The first-order valence-corrected chi connectivity index (χ1v) is 8.57. The number of fused-ring (bicyclic) bond motifs is 1. The second kappa shape index (κ2) is 7.08. The number of carbonyl (C=O) groups excluding carboxylic acids is 3. The van der Waals surface area contributed by atoms with E-state index in [0.29, 0.717) is 5.56 Å². The monoisotopic (exact) mass is 373 g/mol. The van der Waals surface area contributed by atoms with Gasteiger partial charge in [0.15, 0.2) is 0 Å². The summed E-state index contributed by atoms with van der Waals surface area (Å²) < 4.78 is 14.5. The van der Waals surface area contributed by atoms with E-state index in [-0.39, 0.29) is 28.9 Å². The predicted molar refractivity (Wildman–Crippen MR) is 100 cm³/mol. The van der Waals surface area contributed by atoms with Gasteiger partial charge in [-0.15, -0.1) is 0 Å². The molecule has 0 bridgehead atoms. The number of nitrogens with one attached hydrogen (secondary N) is 1. The summed E-state index contributed by atoms with van der Waals surface area (Å²) in [7, 11) is 0. The van der Waals surface area contributed by atoms with Crippen LogP contribution in [0.5, 0.6) is 0 Å². The molecule has 3 aromatic rings. The summed E-state index contributed by atoms with van der Waals surface area (Å²) >= 11 is 0. The minimum Gasteiger partial charge on any atom is -0.322 e. The Kier molecular flexibility index (Phi) is 4.45. The van der Waals surface area contributed by atoms with E-state index in [9.17, 15) is 18.8 Å². The molecule has 0 saturated carbocycles. The third kappa shape index (κ3) is 3.05. The third-order valence-corrected chi connectivity index (χ3v) is 4.52. The molecule has 0 aromatic heterocycles. The Balaban J connectivity index is 1.64. The minimum atomic E-state index is -0.619. The topological polar surface area (TPSA) is 66.5 Å². The van der Waals surface area contributed by atoms with E-state index in [1.165, 1.54) is 18.2 Å². The van der Waals surface area contributed by atoms with E-state index in [4.69, 9.17) is 0 Å². The zero-order chi connectivity index (χ0) is 19.7. The highest BCUT2D eigenvalue weighted by Crippen LogP contribution is 2.28. The fourth-order valence-corrected chi connectivity index (χ4v) is 3.10. The van der Waals surface area contributed by atoms with Gasteiger partial charge in [-0.1, -0.05) is 36.4 Å². The summed E-state index contributed by atoms with van der Waals surface area (Å²) in [5.41, 5.74) is 1.11. The van der Waals surface area contributed by atoms with Crippen LogP contribution >= 0.6 is 0 Å². The molecule has 1 radical (unpaired) electrons. The van der Waals surface area contributed by atoms with Gasteiger partial charge >= 0.3 is 0 Å². The Morgan fingerprint density at radius 1 is 0.929 bits per heavy atom. The summed E-state index contributed by atoms with van der Waals surface area (Å²) in [4.78, 5) is 38.5. The van der Waals surface area contributed by atoms with Crippen molar-refractivity contribution >= 4 is 23.4 Å². The molecule has 137 valence electrons. The van der Waals surface area contributed by atoms with E-state index in [1.807, 2.05) is 0 Å². The molecule has 0 saturated heterocycles. The van der Waals surface area contributed by atoms with Gasteiger partial charge in [-0.3, -0.25) is 19.3 Å². The molecular weight excluding hydrogens is 359 g/mol. The molecule has 3 aromatic carbocycles. The minimum absolute atomic E-state index is 0.0567. The number of rotatable bonds is 4. The molecule has 5 nitrogen and oxygen atoms in total. The first-order chi connectivity index (χ1) is 13.6. The number of hydrogen-bond acceptors (Lipinski definition) is 3. The summed E-state index contributed by atoms with van der Waals surface area (Å²) in [5.74, 6) is -2.06. The number of nitrogens with zero attached hydrogens (tertiary/aromatic N) is 1. The fraction of sp³-hybridized carbons (Fsp3) is 0.0455. The maximum Gasteiger partial charge on any atom is 0.261 e. The fourth-order valence-electron chi connectivity index (χ4n) is 3.10. The lowest BCUT2D eigenvalue weighted by Gasteiger charge is -2.18. The third-order valence-electron chi connectivity index (χ3n) is 4.52. The standard InChI is InChI=1S/C22H14FN2O3/c23-18-11-6-12-19(24-20(26)14-7-2-1-3-8-14)17(18)13-25-21(27)15-9-4-5-10-16(15)22(25)28/h1-7,9-12H,13H2,(H,24,26). The van der Waals surface area contributed by atoms with Crippen LogP contribution in [0.2, 0.25) is 0 Å². The number of benzene rings is 3. The van der Waals surface area contributed by atoms with Gasteiger partial charge < -0.3 is 5.32 Å². The molecule has 1 N–H and O–H groups in total. The van der Waals surface area contributed by atoms with Gasteiger partial charge in [-0.2, -0.15) is 0 Å². The Bertz CT molecular complexity index is 1060. The molecule has 0 atom stereocenters.